The van der Waals surface area contributed by atoms with Crippen LogP contribution in [-0.2, 0) is 0 Å². The molecule has 0 bridgehead atoms. The van der Waals surface area contributed by atoms with Gasteiger partial charge in [0.15, 0.2) is 5.65 Å². The van der Waals surface area contributed by atoms with Crippen molar-refractivity contribution in [1.82, 2.24) is 19.8 Å². The molecule has 0 amide bonds. The molecule has 0 spiro atoms. The first-order valence-corrected chi connectivity index (χ1v) is 5.97. The third kappa shape index (κ3) is 1.85. The second-order valence-corrected chi connectivity index (χ2v) is 4.62. The van der Waals surface area contributed by atoms with Crippen molar-refractivity contribution in [3.63, 3.8) is 0 Å². The molecule has 1 aromatic carbocycles. The lowest BCUT2D eigenvalue weighted by Crippen LogP contribution is -2.03. The van der Waals surface area contributed by atoms with Crippen molar-refractivity contribution in [2.24, 2.45) is 0 Å². The van der Waals surface area contributed by atoms with Crippen LogP contribution in [-0.4, -0.2) is 26.4 Å². The van der Waals surface area contributed by atoms with E-state index in [4.69, 9.17) is 0 Å². The van der Waals surface area contributed by atoms with Crippen LogP contribution < -0.4 is 4.74 Å². The molecule has 92 valence electrons. The van der Waals surface area contributed by atoms with Gasteiger partial charge in [-0.15, -0.1) is 10.2 Å². The number of benzene rings is 1. The van der Waals surface area contributed by atoms with Crippen LogP contribution >= 0.6 is 22.6 Å². The molecule has 0 aliphatic heterocycles. The zero-order valence-electron chi connectivity index (χ0n) is 8.72. The zero-order chi connectivity index (χ0) is 12.7. The van der Waals surface area contributed by atoms with Gasteiger partial charge >= 0.3 is 6.61 Å². The summed E-state index contributed by atoms with van der Waals surface area (Å²) < 4.78 is 31.1. The van der Waals surface area contributed by atoms with Gasteiger partial charge in [0.2, 0.25) is 0 Å². The SMILES string of the molecule is FC(F)Oc1ccc2nnc3c(I)cnn3c2c1. The maximum absolute atomic E-state index is 12.2. The minimum Gasteiger partial charge on any atom is -0.435 e. The van der Waals surface area contributed by atoms with E-state index >= 15 is 0 Å². The highest BCUT2D eigenvalue weighted by Crippen LogP contribution is 2.22. The Hall–Kier alpha value is -1.58. The van der Waals surface area contributed by atoms with E-state index in [1.54, 1.807) is 16.8 Å². The number of alkyl halides is 2. The van der Waals surface area contributed by atoms with Crippen molar-refractivity contribution in [2.45, 2.75) is 6.61 Å². The van der Waals surface area contributed by atoms with Crippen molar-refractivity contribution in [2.75, 3.05) is 0 Å². The van der Waals surface area contributed by atoms with Crippen LogP contribution in [0.3, 0.4) is 0 Å². The smallest absolute Gasteiger partial charge is 0.387 e. The van der Waals surface area contributed by atoms with Crippen LogP contribution in [0.2, 0.25) is 0 Å². The van der Waals surface area contributed by atoms with Gasteiger partial charge in [-0.1, -0.05) is 0 Å². The minimum absolute atomic E-state index is 0.0670. The van der Waals surface area contributed by atoms with Gasteiger partial charge in [-0.05, 0) is 34.7 Å². The zero-order valence-corrected chi connectivity index (χ0v) is 10.9. The molecule has 0 atom stereocenters. The Kier molecular flexibility index (Phi) is 2.73. The Morgan fingerprint density at radius 1 is 1.28 bits per heavy atom. The number of hydrogen-bond donors (Lipinski definition) is 0. The van der Waals surface area contributed by atoms with E-state index in [1.807, 2.05) is 0 Å². The number of aromatic nitrogens is 4. The number of fused-ring (bicyclic) bond motifs is 3. The summed E-state index contributed by atoms with van der Waals surface area (Å²) in [6.07, 6.45) is 1.63. The van der Waals surface area contributed by atoms with Crippen molar-refractivity contribution in [1.29, 1.82) is 0 Å². The fraction of sp³-hybridized carbons (Fsp3) is 0.100. The monoisotopic (exact) mass is 362 g/mol. The summed E-state index contributed by atoms with van der Waals surface area (Å²) >= 11 is 2.08. The van der Waals surface area contributed by atoms with Crippen molar-refractivity contribution >= 4 is 39.3 Å². The first-order chi connectivity index (χ1) is 8.65. The number of hydrogen-bond acceptors (Lipinski definition) is 4. The first-order valence-electron chi connectivity index (χ1n) is 4.89. The predicted molar refractivity (Wildman–Crippen MR) is 67.6 cm³/mol. The number of rotatable bonds is 2. The lowest BCUT2D eigenvalue weighted by Gasteiger charge is -2.05. The molecular weight excluding hydrogens is 357 g/mol. The quantitative estimate of drug-likeness (QED) is 0.658. The molecular formula is C10H5F2IN4O. The van der Waals surface area contributed by atoms with Crippen LogP contribution in [0.25, 0.3) is 16.7 Å². The second kappa shape index (κ2) is 4.26. The Balaban J connectivity index is 2.26. The Morgan fingerprint density at radius 2 is 2.11 bits per heavy atom. The van der Waals surface area contributed by atoms with Crippen LogP contribution in [0, 0.1) is 3.57 Å². The first kappa shape index (κ1) is 11.5. The van der Waals surface area contributed by atoms with Crippen LogP contribution in [0.1, 0.15) is 0 Å². The maximum atomic E-state index is 12.2. The fourth-order valence-corrected chi connectivity index (χ4v) is 2.08. The summed E-state index contributed by atoms with van der Waals surface area (Å²) in [5.41, 5.74) is 1.71. The molecule has 0 aliphatic carbocycles. The molecule has 0 saturated carbocycles. The van der Waals surface area contributed by atoms with Gasteiger partial charge in [0.05, 0.1) is 15.3 Å². The standard InChI is InChI=1S/C10H5F2IN4O/c11-10(12)18-5-1-2-7-8(3-5)17-9(16-15-7)6(13)4-14-17/h1-4,10H. The Bertz CT molecular complexity index is 730. The summed E-state index contributed by atoms with van der Waals surface area (Å²) in [6.45, 7) is -2.86. The average Bonchev–Trinajstić information content (AvgIpc) is 2.71. The number of halogens is 3. The normalized spacial score (nSPS) is 11.6. The van der Waals surface area contributed by atoms with E-state index in [1.165, 1.54) is 12.1 Å². The van der Waals surface area contributed by atoms with E-state index in [0.29, 0.717) is 16.7 Å². The summed E-state index contributed by atoms with van der Waals surface area (Å²) in [5.74, 6) is 0.0670. The van der Waals surface area contributed by atoms with Crippen molar-refractivity contribution in [3.8, 4) is 5.75 Å². The molecule has 3 rings (SSSR count). The highest BCUT2D eigenvalue weighted by molar-refractivity contribution is 14.1. The summed E-state index contributed by atoms with van der Waals surface area (Å²) in [6, 6.07) is 4.45. The van der Waals surface area contributed by atoms with E-state index in [9.17, 15) is 8.78 Å². The topological polar surface area (TPSA) is 52.3 Å². The van der Waals surface area contributed by atoms with Gasteiger partial charge in [-0.2, -0.15) is 13.9 Å². The van der Waals surface area contributed by atoms with Crippen LogP contribution in [0.15, 0.2) is 24.4 Å². The maximum Gasteiger partial charge on any atom is 0.387 e. The van der Waals surface area contributed by atoms with Crippen molar-refractivity contribution < 1.29 is 13.5 Å². The molecule has 2 aromatic heterocycles. The second-order valence-electron chi connectivity index (χ2n) is 3.46. The molecule has 8 heteroatoms. The average molecular weight is 362 g/mol. The van der Waals surface area contributed by atoms with E-state index < -0.39 is 6.61 Å². The third-order valence-electron chi connectivity index (χ3n) is 2.35. The van der Waals surface area contributed by atoms with E-state index in [2.05, 4.69) is 42.6 Å². The molecule has 0 saturated heterocycles. The van der Waals surface area contributed by atoms with Gasteiger partial charge in [-0.25, -0.2) is 4.52 Å². The fourth-order valence-electron chi connectivity index (χ4n) is 1.62. The molecule has 3 aromatic rings. The molecule has 2 heterocycles. The largest absolute Gasteiger partial charge is 0.435 e. The minimum atomic E-state index is -2.86. The molecule has 0 aliphatic rings. The lowest BCUT2D eigenvalue weighted by atomic mass is 10.3. The van der Waals surface area contributed by atoms with Crippen molar-refractivity contribution in [3.05, 3.63) is 28.0 Å². The summed E-state index contributed by atoms with van der Waals surface area (Å²) in [7, 11) is 0. The van der Waals surface area contributed by atoms with Crippen LogP contribution in [0.4, 0.5) is 8.78 Å². The molecule has 0 fully saturated rings. The molecule has 0 radical (unpaired) electrons. The number of nitrogens with zero attached hydrogens (tertiary/aromatic N) is 4. The molecule has 18 heavy (non-hydrogen) atoms. The summed E-state index contributed by atoms with van der Waals surface area (Å²) in [5, 5.41) is 12.1. The molecule has 0 unspecified atom stereocenters. The van der Waals surface area contributed by atoms with Gasteiger partial charge in [0, 0.05) is 6.07 Å². The van der Waals surface area contributed by atoms with Gasteiger partial charge in [0.1, 0.15) is 11.3 Å². The van der Waals surface area contributed by atoms with E-state index in [0.717, 1.165) is 3.57 Å². The van der Waals surface area contributed by atoms with Crippen LogP contribution in [0.5, 0.6) is 5.75 Å². The summed E-state index contributed by atoms with van der Waals surface area (Å²) in [4.78, 5) is 0. The highest BCUT2D eigenvalue weighted by atomic mass is 127. The van der Waals surface area contributed by atoms with Gasteiger partial charge < -0.3 is 4.74 Å². The van der Waals surface area contributed by atoms with Gasteiger partial charge in [0.25, 0.3) is 0 Å². The number of ether oxygens (including phenoxy) is 1. The molecule has 0 N–H and O–H groups in total. The third-order valence-corrected chi connectivity index (χ3v) is 3.11. The lowest BCUT2D eigenvalue weighted by molar-refractivity contribution is -0.0497. The Morgan fingerprint density at radius 3 is 2.89 bits per heavy atom. The van der Waals surface area contributed by atoms with E-state index in [-0.39, 0.29) is 5.75 Å². The Labute approximate surface area is 113 Å². The predicted octanol–water partition coefficient (Wildman–Crippen LogP) is 2.48. The molecule has 5 nitrogen and oxygen atoms in total. The van der Waals surface area contributed by atoms with Gasteiger partial charge in [-0.3, -0.25) is 0 Å². The highest BCUT2D eigenvalue weighted by Gasteiger charge is 2.10.